The summed E-state index contributed by atoms with van der Waals surface area (Å²) in [6, 6.07) is 6.46. The van der Waals surface area contributed by atoms with E-state index in [1.807, 2.05) is 0 Å². The molecule has 1 rings (SSSR count). The minimum atomic E-state index is -3.74. The van der Waals surface area contributed by atoms with Crippen LogP contribution in [0.2, 0.25) is 0 Å². The van der Waals surface area contributed by atoms with Crippen LogP contribution in [0.25, 0.3) is 0 Å². The Kier molecular flexibility index (Phi) is 6.71. The standard InChI is InChI=1S/C15H22N2O5S/c1-10(2)13(14(18)16-11(3)15(19)20)17-23(21,22)9-12-7-5-4-6-8-12/h4-8,10-11,13,17H,9H2,1-3H3,(H,16,18)(H,19,20)/t11-,13-/m0/s1. The number of amides is 1. The van der Waals surface area contributed by atoms with E-state index in [-0.39, 0.29) is 11.7 Å². The predicted molar refractivity (Wildman–Crippen MR) is 86.1 cm³/mol. The van der Waals surface area contributed by atoms with Crippen molar-refractivity contribution >= 4 is 21.9 Å². The summed E-state index contributed by atoms with van der Waals surface area (Å²) in [7, 11) is -3.74. The van der Waals surface area contributed by atoms with E-state index in [9.17, 15) is 18.0 Å². The van der Waals surface area contributed by atoms with E-state index in [2.05, 4.69) is 10.0 Å². The second-order valence-corrected chi connectivity index (χ2v) is 7.41. The number of benzene rings is 1. The molecular weight excluding hydrogens is 320 g/mol. The zero-order valence-corrected chi connectivity index (χ0v) is 14.1. The second kappa shape index (κ2) is 8.07. The normalized spacial score (nSPS) is 14.3. The molecule has 0 bridgehead atoms. The van der Waals surface area contributed by atoms with E-state index in [0.29, 0.717) is 5.56 Å². The minimum absolute atomic E-state index is 0.251. The maximum atomic E-state index is 12.2. The van der Waals surface area contributed by atoms with E-state index in [1.54, 1.807) is 44.2 Å². The molecule has 0 fully saturated rings. The molecule has 2 atom stereocenters. The van der Waals surface area contributed by atoms with Crippen LogP contribution in [-0.4, -0.2) is 37.5 Å². The van der Waals surface area contributed by atoms with E-state index in [1.165, 1.54) is 6.92 Å². The lowest BCUT2D eigenvalue weighted by molar-refractivity contribution is -0.141. The Balaban J connectivity index is 2.82. The Morgan fingerprint density at radius 2 is 1.70 bits per heavy atom. The van der Waals surface area contributed by atoms with Gasteiger partial charge in [-0.05, 0) is 18.4 Å². The molecule has 0 spiro atoms. The molecule has 23 heavy (non-hydrogen) atoms. The van der Waals surface area contributed by atoms with Crippen molar-refractivity contribution in [2.24, 2.45) is 5.92 Å². The second-order valence-electron chi connectivity index (χ2n) is 5.65. The number of sulfonamides is 1. The molecule has 1 amide bonds. The van der Waals surface area contributed by atoms with Gasteiger partial charge in [0.2, 0.25) is 15.9 Å². The van der Waals surface area contributed by atoms with Crippen molar-refractivity contribution in [3.05, 3.63) is 35.9 Å². The van der Waals surface area contributed by atoms with E-state index >= 15 is 0 Å². The third-order valence-corrected chi connectivity index (χ3v) is 4.51. The van der Waals surface area contributed by atoms with Gasteiger partial charge in [-0.1, -0.05) is 44.2 Å². The van der Waals surface area contributed by atoms with Crippen LogP contribution in [0.5, 0.6) is 0 Å². The summed E-state index contributed by atoms with van der Waals surface area (Å²) >= 11 is 0. The Labute approximate surface area is 136 Å². The van der Waals surface area contributed by atoms with Crippen LogP contribution in [0.3, 0.4) is 0 Å². The largest absolute Gasteiger partial charge is 0.480 e. The van der Waals surface area contributed by atoms with Gasteiger partial charge >= 0.3 is 5.97 Å². The summed E-state index contributed by atoms with van der Waals surface area (Å²) in [6.07, 6.45) is 0. The number of hydrogen-bond donors (Lipinski definition) is 3. The molecule has 0 aliphatic heterocycles. The number of aliphatic carboxylic acids is 1. The van der Waals surface area contributed by atoms with Crippen LogP contribution in [-0.2, 0) is 25.4 Å². The SMILES string of the molecule is CC(C)[C@H](NS(=O)(=O)Cc1ccccc1)C(=O)N[C@@H](C)C(=O)O. The van der Waals surface area contributed by atoms with Crippen LogP contribution >= 0.6 is 0 Å². The van der Waals surface area contributed by atoms with Crippen LogP contribution in [0, 0.1) is 5.92 Å². The Hall–Kier alpha value is -1.93. The number of carbonyl (C=O) groups is 2. The number of carboxylic acid groups (broad SMARTS) is 1. The summed E-state index contributed by atoms with van der Waals surface area (Å²) in [5, 5.41) is 11.1. The van der Waals surface area contributed by atoms with Crippen LogP contribution in [0.4, 0.5) is 0 Å². The fraction of sp³-hybridized carbons (Fsp3) is 0.467. The van der Waals surface area contributed by atoms with E-state index in [0.717, 1.165) is 0 Å². The molecule has 0 saturated carbocycles. The molecule has 3 N–H and O–H groups in total. The van der Waals surface area contributed by atoms with Gasteiger partial charge in [0.1, 0.15) is 12.1 Å². The van der Waals surface area contributed by atoms with Crippen molar-refractivity contribution in [3.63, 3.8) is 0 Å². The maximum absolute atomic E-state index is 12.2. The van der Waals surface area contributed by atoms with E-state index < -0.39 is 34.0 Å². The van der Waals surface area contributed by atoms with Crippen molar-refractivity contribution < 1.29 is 23.1 Å². The highest BCUT2D eigenvalue weighted by molar-refractivity contribution is 7.88. The Morgan fingerprint density at radius 1 is 1.13 bits per heavy atom. The fourth-order valence-electron chi connectivity index (χ4n) is 1.89. The molecule has 7 nitrogen and oxygen atoms in total. The molecule has 0 aliphatic rings. The Bertz CT molecular complexity index is 643. The van der Waals surface area contributed by atoms with Gasteiger partial charge in [-0.25, -0.2) is 13.1 Å². The quantitative estimate of drug-likeness (QED) is 0.644. The predicted octanol–water partition coefficient (Wildman–Crippen LogP) is 0.720. The van der Waals surface area contributed by atoms with Crippen molar-refractivity contribution in [1.82, 2.24) is 10.0 Å². The molecular formula is C15H22N2O5S. The molecule has 0 unspecified atom stereocenters. The molecule has 0 aliphatic carbocycles. The summed E-state index contributed by atoms with van der Waals surface area (Å²) < 4.78 is 26.8. The highest BCUT2D eigenvalue weighted by Gasteiger charge is 2.29. The van der Waals surface area contributed by atoms with Crippen molar-refractivity contribution in [2.45, 2.75) is 38.6 Å². The third-order valence-electron chi connectivity index (χ3n) is 3.18. The lowest BCUT2D eigenvalue weighted by atomic mass is 10.0. The molecule has 0 radical (unpaired) electrons. The first-order valence-electron chi connectivity index (χ1n) is 7.19. The van der Waals surface area contributed by atoms with Gasteiger partial charge in [-0.15, -0.1) is 0 Å². The van der Waals surface area contributed by atoms with Crippen LogP contribution in [0.1, 0.15) is 26.3 Å². The average Bonchev–Trinajstić information content (AvgIpc) is 2.44. The Morgan fingerprint density at radius 3 is 2.17 bits per heavy atom. The topological polar surface area (TPSA) is 113 Å². The highest BCUT2D eigenvalue weighted by Crippen LogP contribution is 2.09. The highest BCUT2D eigenvalue weighted by atomic mass is 32.2. The molecule has 1 aromatic carbocycles. The average molecular weight is 342 g/mol. The van der Waals surface area contributed by atoms with Crippen molar-refractivity contribution in [2.75, 3.05) is 0 Å². The lowest BCUT2D eigenvalue weighted by Crippen LogP contribution is -2.53. The smallest absolute Gasteiger partial charge is 0.325 e. The fourth-order valence-corrected chi connectivity index (χ4v) is 3.37. The first-order chi connectivity index (χ1) is 10.6. The maximum Gasteiger partial charge on any atom is 0.325 e. The van der Waals surface area contributed by atoms with Gasteiger partial charge in [0, 0.05) is 0 Å². The molecule has 0 heterocycles. The number of hydrogen-bond acceptors (Lipinski definition) is 4. The van der Waals surface area contributed by atoms with Crippen LogP contribution in [0.15, 0.2) is 30.3 Å². The van der Waals surface area contributed by atoms with Crippen molar-refractivity contribution in [3.8, 4) is 0 Å². The molecule has 1 aromatic rings. The molecule has 0 saturated heterocycles. The number of carboxylic acids is 1. The molecule has 128 valence electrons. The van der Waals surface area contributed by atoms with Gasteiger partial charge in [0.05, 0.1) is 5.75 Å². The zero-order valence-electron chi connectivity index (χ0n) is 13.3. The summed E-state index contributed by atoms with van der Waals surface area (Å²) in [5.74, 6) is -2.43. The minimum Gasteiger partial charge on any atom is -0.480 e. The van der Waals surface area contributed by atoms with E-state index in [4.69, 9.17) is 5.11 Å². The van der Waals surface area contributed by atoms with Gasteiger partial charge in [0.15, 0.2) is 0 Å². The van der Waals surface area contributed by atoms with Gasteiger partial charge in [-0.2, -0.15) is 0 Å². The first-order valence-corrected chi connectivity index (χ1v) is 8.84. The molecule has 0 aromatic heterocycles. The van der Waals surface area contributed by atoms with Gasteiger partial charge < -0.3 is 10.4 Å². The first kappa shape index (κ1) is 19.1. The lowest BCUT2D eigenvalue weighted by Gasteiger charge is -2.22. The third kappa shape index (κ3) is 6.37. The van der Waals surface area contributed by atoms with Crippen LogP contribution < -0.4 is 10.0 Å². The number of carbonyl (C=O) groups excluding carboxylic acids is 1. The molecule has 8 heteroatoms. The number of nitrogens with one attached hydrogen (secondary N) is 2. The van der Waals surface area contributed by atoms with Gasteiger partial charge in [-0.3, -0.25) is 9.59 Å². The van der Waals surface area contributed by atoms with Gasteiger partial charge in [0.25, 0.3) is 0 Å². The summed E-state index contributed by atoms with van der Waals surface area (Å²) in [6.45, 7) is 4.68. The summed E-state index contributed by atoms with van der Waals surface area (Å²) in [5.41, 5.74) is 0.599. The van der Waals surface area contributed by atoms with Crippen molar-refractivity contribution in [1.29, 1.82) is 0 Å². The zero-order chi connectivity index (χ0) is 17.6. The monoisotopic (exact) mass is 342 g/mol. The summed E-state index contributed by atoms with van der Waals surface area (Å²) in [4.78, 5) is 22.9. The number of rotatable bonds is 8.